The molecule has 1 amide bonds. The van der Waals surface area contributed by atoms with E-state index in [0.717, 1.165) is 5.56 Å². The maximum atomic E-state index is 12.6. The number of carbonyl (C=O) groups is 1. The number of rotatable bonds is 7. The highest BCUT2D eigenvalue weighted by Gasteiger charge is 2.15. The van der Waals surface area contributed by atoms with Crippen molar-refractivity contribution in [3.63, 3.8) is 0 Å². The van der Waals surface area contributed by atoms with Gasteiger partial charge in [-0.1, -0.05) is 46.9 Å². The lowest BCUT2D eigenvalue weighted by molar-refractivity contribution is -0.112. The number of methoxy groups -OCH3 is 1. The molecule has 0 fully saturated rings. The Balaban J connectivity index is 1.85. The first-order valence-corrected chi connectivity index (χ1v) is 10.5. The van der Waals surface area contributed by atoms with Crippen LogP contribution in [0.4, 0.5) is 5.69 Å². The summed E-state index contributed by atoms with van der Waals surface area (Å²) >= 11 is 18.4. The van der Waals surface area contributed by atoms with Crippen molar-refractivity contribution in [1.29, 1.82) is 5.26 Å². The number of ether oxygens (including phenoxy) is 2. The van der Waals surface area contributed by atoms with Gasteiger partial charge in [0.25, 0.3) is 5.91 Å². The van der Waals surface area contributed by atoms with Gasteiger partial charge in [-0.05, 0) is 60.2 Å². The normalized spacial score (nSPS) is 10.9. The van der Waals surface area contributed by atoms with Crippen molar-refractivity contribution in [2.24, 2.45) is 0 Å². The SMILES string of the molecule is COc1ccc(NC(=O)/C(C#N)=C/c2cc(Cl)cc(Cl)c2OCc2ccc(Cl)cc2)cc1. The molecule has 32 heavy (non-hydrogen) atoms. The van der Waals surface area contributed by atoms with E-state index in [2.05, 4.69) is 5.32 Å². The molecule has 3 aromatic rings. The summed E-state index contributed by atoms with van der Waals surface area (Å²) in [6.07, 6.45) is 1.38. The Labute approximate surface area is 200 Å². The molecule has 0 spiro atoms. The third kappa shape index (κ3) is 6.18. The molecule has 0 aliphatic carbocycles. The Kier molecular flexibility index (Phi) is 8.02. The van der Waals surface area contributed by atoms with Crippen molar-refractivity contribution in [3.8, 4) is 17.6 Å². The van der Waals surface area contributed by atoms with Gasteiger partial charge >= 0.3 is 0 Å². The van der Waals surface area contributed by atoms with Crippen LogP contribution in [0, 0.1) is 11.3 Å². The number of halogens is 3. The van der Waals surface area contributed by atoms with E-state index in [9.17, 15) is 10.1 Å². The van der Waals surface area contributed by atoms with E-state index in [1.54, 1.807) is 49.6 Å². The van der Waals surface area contributed by atoms with E-state index in [1.807, 2.05) is 18.2 Å². The van der Waals surface area contributed by atoms with Crippen molar-refractivity contribution in [2.45, 2.75) is 6.61 Å². The predicted molar refractivity (Wildman–Crippen MR) is 127 cm³/mol. The van der Waals surface area contributed by atoms with Crippen molar-refractivity contribution >= 4 is 52.5 Å². The summed E-state index contributed by atoms with van der Waals surface area (Å²) in [6.45, 7) is 0.208. The monoisotopic (exact) mass is 486 g/mol. The number of amides is 1. The number of nitrogens with zero attached hydrogens (tertiary/aromatic N) is 1. The molecule has 8 heteroatoms. The van der Waals surface area contributed by atoms with Crippen molar-refractivity contribution in [3.05, 3.63) is 92.4 Å². The van der Waals surface area contributed by atoms with E-state index in [4.69, 9.17) is 44.3 Å². The van der Waals surface area contributed by atoms with E-state index in [0.29, 0.717) is 32.8 Å². The smallest absolute Gasteiger partial charge is 0.266 e. The quantitative estimate of drug-likeness (QED) is 0.294. The summed E-state index contributed by atoms with van der Waals surface area (Å²) in [6, 6.07) is 18.9. The largest absolute Gasteiger partial charge is 0.497 e. The van der Waals surface area contributed by atoms with E-state index in [-0.39, 0.29) is 17.2 Å². The van der Waals surface area contributed by atoms with Crippen LogP contribution in [0.5, 0.6) is 11.5 Å². The van der Waals surface area contributed by atoms with Gasteiger partial charge < -0.3 is 14.8 Å². The highest BCUT2D eigenvalue weighted by Crippen LogP contribution is 2.34. The average molecular weight is 488 g/mol. The summed E-state index contributed by atoms with van der Waals surface area (Å²) in [5.74, 6) is 0.364. The number of anilines is 1. The maximum absolute atomic E-state index is 12.6. The van der Waals surface area contributed by atoms with Crippen LogP contribution in [-0.4, -0.2) is 13.0 Å². The predicted octanol–water partition coefficient (Wildman–Crippen LogP) is 6.78. The molecule has 0 saturated heterocycles. The Morgan fingerprint density at radius 2 is 1.72 bits per heavy atom. The Hall–Kier alpha value is -3.17. The van der Waals surface area contributed by atoms with E-state index >= 15 is 0 Å². The van der Waals surface area contributed by atoms with Crippen molar-refractivity contribution in [2.75, 3.05) is 12.4 Å². The Bertz CT molecular complexity index is 1180. The second-order valence-corrected chi connectivity index (χ2v) is 7.85. The molecular formula is C24H17Cl3N2O3. The Morgan fingerprint density at radius 3 is 2.34 bits per heavy atom. The van der Waals surface area contributed by atoms with Crippen LogP contribution >= 0.6 is 34.8 Å². The molecule has 0 bridgehead atoms. The molecular weight excluding hydrogens is 471 g/mol. The molecule has 0 saturated carbocycles. The molecule has 0 aliphatic rings. The standard InChI is InChI=1S/C24H17Cl3N2O3/c1-31-21-8-6-20(7-9-21)29-24(30)17(13-28)10-16-11-19(26)12-22(27)23(16)32-14-15-2-4-18(25)5-3-15/h2-12H,14H2,1H3,(H,29,30)/b17-10+. The molecule has 0 aromatic heterocycles. The molecule has 162 valence electrons. The first-order chi connectivity index (χ1) is 15.4. The van der Waals surface area contributed by atoms with Gasteiger partial charge in [-0.25, -0.2) is 0 Å². The molecule has 5 nitrogen and oxygen atoms in total. The number of nitrogens with one attached hydrogen (secondary N) is 1. The number of benzene rings is 3. The molecule has 3 aromatic carbocycles. The van der Waals surface area contributed by atoms with Crippen molar-refractivity contribution in [1.82, 2.24) is 0 Å². The number of hydrogen-bond acceptors (Lipinski definition) is 4. The van der Waals surface area contributed by atoms with Crippen LogP contribution in [0.25, 0.3) is 6.08 Å². The summed E-state index contributed by atoms with van der Waals surface area (Å²) < 4.78 is 11.0. The number of hydrogen-bond donors (Lipinski definition) is 1. The number of nitriles is 1. The van der Waals surface area contributed by atoms with Crippen LogP contribution in [0.1, 0.15) is 11.1 Å². The molecule has 0 heterocycles. The minimum absolute atomic E-state index is 0.143. The highest BCUT2D eigenvalue weighted by molar-refractivity contribution is 6.36. The first kappa shape index (κ1) is 23.5. The third-order valence-electron chi connectivity index (χ3n) is 4.35. The van der Waals surface area contributed by atoms with Crippen LogP contribution in [0.2, 0.25) is 15.1 Å². The lowest BCUT2D eigenvalue weighted by atomic mass is 10.1. The third-order valence-corrected chi connectivity index (χ3v) is 5.10. The fourth-order valence-corrected chi connectivity index (χ4v) is 3.44. The van der Waals surface area contributed by atoms with Gasteiger partial charge in [-0.3, -0.25) is 4.79 Å². The van der Waals surface area contributed by atoms with Crippen LogP contribution in [0.3, 0.4) is 0 Å². The molecule has 3 rings (SSSR count). The summed E-state index contributed by atoms with van der Waals surface area (Å²) in [4.78, 5) is 12.6. The van der Waals surface area contributed by atoms with Gasteiger partial charge in [0.15, 0.2) is 0 Å². The highest BCUT2D eigenvalue weighted by atomic mass is 35.5. The van der Waals surface area contributed by atoms with Gasteiger partial charge in [0, 0.05) is 21.3 Å². The summed E-state index contributed by atoms with van der Waals surface area (Å²) in [5, 5.41) is 13.4. The molecule has 0 unspecified atom stereocenters. The van der Waals surface area contributed by atoms with Crippen molar-refractivity contribution < 1.29 is 14.3 Å². The summed E-state index contributed by atoms with van der Waals surface area (Å²) in [7, 11) is 1.55. The topological polar surface area (TPSA) is 71.3 Å². The molecule has 0 radical (unpaired) electrons. The number of carbonyl (C=O) groups excluding carboxylic acids is 1. The molecule has 0 atom stereocenters. The zero-order valence-electron chi connectivity index (χ0n) is 16.9. The maximum Gasteiger partial charge on any atom is 0.266 e. The fraction of sp³-hybridized carbons (Fsp3) is 0.0833. The van der Waals surface area contributed by atoms with Crippen LogP contribution in [0.15, 0.2) is 66.2 Å². The summed E-state index contributed by atoms with van der Waals surface area (Å²) in [5.41, 5.74) is 1.64. The minimum atomic E-state index is -0.586. The van der Waals surface area contributed by atoms with Gasteiger partial charge in [-0.2, -0.15) is 5.26 Å². The Morgan fingerprint density at radius 1 is 1.03 bits per heavy atom. The van der Waals surface area contributed by atoms with Gasteiger partial charge in [0.1, 0.15) is 29.7 Å². The first-order valence-electron chi connectivity index (χ1n) is 9.33. The van der Waals surface area contributed by atoms with E-state index < -0.39 is 5.91 Å². The zero-order valence-corrected chi connectivity index (χ0v) is 19.1. The molecule has 0 aliphatic heterocycles. The average Bonchev–Trinajstić information content (AvgIpc) is 2.78. The lowest BCUT2D eigenvalue weighted by Crippen LogP contribution is -2.13. The fourth-order valence-electron chi connectivity index (χ4n) is 2.75. The van der Waals surface area contributed by atoms with E-state index in [1.165, 1.54) is 12.1 Å². The van der Waals surface area contributed by atoms with Gasteiger partial charge in [0.05, 0.1) is 12.1 Å². The minimum Gasteiger partial charge on any atom is -0.497 e. The van der Waals surface area contributed by atoms with Gasteiger partial charge in [0.2, 0.25) is 0 Å². The zero-order chi connectivity index (χ0) is 23.1. The van der Waals surface area contributed by atoms with Crippen LogP contribution in [-0.2, 0) is 11.4 Å². The second kappa shape index (κ2) is 10.9. The second-order valence-electron chi connectivity index (χ2n) is 6.57. The van der Waals surface area contributed by atoms with Gasteiger partial charge in [-0.15, -0.1) is 0 Å². The molecule has 1 N–H and O–H groups in total. The van der Waals surface area contributed by atoms with Crippen LogP contribution < -0.4 is 14.8 Å². The lowest BCUT2D eigenvalue weighted by Gasteiger charge is -2.13.